The predicted molar refractivity (Wildman–Crippen MR) is 85.7 cm³/mol. The minimum Gasteiger partial charge on any atom is -0.323 e. The smallest absolute Gasteiger partial charge is 0.321 e. The Bertz CT molecular complexity index is 725. The predicted octanol–water partition coefficient (Wildman–Crippen LogP) is 4.12. The molecule has 0 fully saturated rings. The largest absolute Gasteiger partial charge is 0.323 e. The molecule has 0 spiro atoms. The third-order valence-corrected chi connectivity index (χ3v) is 3.55. The number of urea groups is 1. The van der Waals surface area contributed by atoms with Crippen LogP contribution in [-0.4, -0.2) is 18.0 Å². The number of rotatable bonds is 3. The zero-order valence-electron chi connectivity index (χ0n) is 11.8. The lowest BCUT2D eigenvalue weighted by Gasteiger charge is -2.18. The van der Waals surface area contributed by atoms with E-state index in [1.165, 1.54) is 17.0 Å². The zero-order valence-corrected chi connectivity index (χ0v) is 13.4. The monoisotopic (exact) mass is 361 g/mol. The van der Waals surface area contributed by atoms with Gasteiger partial charge in [0.1, 0.15) is 11.9 Å². The molecule has 2 rings (SSSR count). The highest BCUT2D eigenvalue weighted by Crippen LogP contribution is 2.17. The summed E-state index contributed by atoms with van der Waals surface area (Å²) in [5.41, 5.74) is 1.35. The summed E-state index contributed by atoms with van der Waals surface area (Å²) in [6.07, 6.45) is 0. The fourth-order valence-corrected chi connectivity index (χ4v) is 2.13. The van der Waals surface area contributed by atoms with Crippen molar-refractivity contribution in [1.29, 1.82) is 5.26 Å². The van der Waals surface area contributed by atoms with Crippen molar-refractivity contribution < 1.29 is 9.18 Å². The third-order valence-electron chi connectivity index (χ3n) is 3.02. The molecule has 22 heavy (non-hydrogen) atoms. The minimum absolute atomic E-state index is 0.0883. The van der Waals surface area contributed by atoms with Crippen LogP contribution in [0.4, 0.5) is 14.9 Å². The van der Waals surface area contributed by atoms with Gasteiger partial charge in [0.05, 0.1) is 11.3 Å². The van der Waals surface area contributed by atoms with Crippen LogP contribution in [0.2, 0.25) is 0 Å². The van der Waals surface area contributed by atoms with E-state index in [1.54, 1.807) is 7.05 Å². The number of amides is 2. The van der Waals surface area contributed by atoms with Gasteiger partial charge in [0, 0.05) is 18.1 Å². The fraction of sp³-hybridized carbons (Fsp3) is 0.125. The first kappa shape index (κ1) is 16.0. The number of carbonyl (C=O) groups excluding carboxylic acids is 1. The number of anilines is 1. The second-order valence-corrected chi connectivity index (χ2v) is 5.63. The van der Waals surface area contributed by atoms with Crippen LogP contribution in [0.15, 0.2) is 46.9 Å². The number of carbonyl (C=O) groups is 1. The van der Waals surface area contributed by atoms with Gasteiger partial charge in [-0.1, -0.05) is 28.1 Å². The van der Waals surface area contributed by atoms with Gasteiger partial charge in [-0.25, -0.2) is 9.18 Å². The van der Waals surface area contributed by atoms with Gasteiger partial charge in [0.2, 0.25) is 0 Å². The van der Waals surface area contributed by atoms with E-state index in [0.717, 1.165) is 16.1 Å². The van der Waals surface area contributed by atoms with Crippen molar-refractivity contribution in [1.82, 2.24) is 4.90 Å². The molecule has 2 aromatic rings. The van der Waals surface area contributed by atoms with Gasteiger partial charge < -0.3 is 10.2 Å². The SMILES string of the molecule is CN(Cc1ccc(Br)cc1)C(=O)Nc1ccc(F)cc1C#N. The lowest BCUT2D eigenvalue weighted by Crippen LogP contribution is -2.31. The summed E-state index contributed by atoms with van der Waals surface area (Å²) in [5.74, 6) is -0.516. The Morgan fingerprint density at radius 2 is 2.00 bits per heavy atom. The Labute approximate surface area is 136 Å². The van der Waals surface area contributed by atoms with Crippen molar-refractivity contribution in [3.05, 3.63) is 63.9 Å². The molecule has 0 heterocycles. The maximum Gasteiger partial charge on any atom is 0.321 e. The summed E-state index contributed by atoms with van der Waals surface area (Å²) < 4.78 is 14.0. The van der Waals surface area contributed by atoms with Crippen molar-refractivity contribution >= 4 is 27.6 Å². The lowest BCUT2D eigenvalue weighted by atomic mass is 10.2. The van der Waals surface area contributed by atoms with E-state index in [-0.39, 0.29) is 17.3 Å². The van der Waals surface area contributed by atoms with Gasteiger partial charge in [-0.05, 0) is 35.9 Å². The number of hydrogen-bond acceptors (Lipinski definition) is 2. The van der Waals surface area contributed by atoms with Crippen LogP contribution in [0.3, 0.4) is 0 Å². The normalized spacial score (nSPS) is 9.91. The first-order valence-electron chi connectivity index (χ1n) is 6.46. The summed E-state index contributed by atoms with van der Waals surface area (Å²) in [6, 6.07) is 12.8. The molecule has 0 saturated heterocycles. The Morgan fingerprint density at radius 1 is 1.32 bits per heavy atom. The molecule has 0 atom stereocenters. The van der Waals surface area contributed by atoms with Crippen molar-refractivity contribution in [2.24, 2.45) is 0 Å². The molecule has 0 aromatic heterocycles. The second-order valence-electron chi connectivity index (χ2n) is 4.71. The maximum atomic E-state index is 13.1. The minimum atomic E-state index is -0.516. The highest BCUT2D eigenvalue weighted by molar-refractivity contribution is 9.10. The summed E-state index contributed by atoms with van der Waals surface area (Å²) in [5, 5.41) is 11.6. The van der Waals surface area contributed by atoms with Gasteiger partial charge in [-0.15, -0.1) is 0 Å². The highest BCUT2D eigenvalue weighted by Gasteiger charge is 2.12. The van der Waals surface area contributed by atoms with Crippen molar-refractivity contribution in [2.75, 3.05) is 12.4 Å². The molecule has 0 unspecified atom stereocenters. The molecule has 1 N–H and O–H groups in total. The Hall–Kier alpha value is -2.39. The van der Waals surface area contributed by atoms with Gasteiger partial charge in [-0.2, -0.15) is 5.26 Å². The van der Waals surface area contributed by atoms with Gasteiger partial charge in [-0.3, -0.25) is 0 Å². The average molecular weight is 362 g/mol. The molecule has 0 aliphatic rings. The Morgan fingerprint density at radius 3 is 2.64 bits per heavy atom. The van der Waals surface area contributed by atoms with Crippen LogP contribution in [0, 0.1) is 17.1 Å². The molecule has 0 saturated carbocycles. The van der Waals surface area contributed by atoms with Gasteiger partial charge in [0.15, 0.2) is 0 Å². The van der Waals surface area contributed by atoms with E-state index in [4.69, 9.17) is 5.26 Å². The van der Waals surface area contributed by atoms with E-state index in [9.17, 15) is 9.18 Å². The van der Waals surface area contributed by atoms with Crippen molar-refractivity contribution in [3.8, 4) is 6.07 Å². The second kappa shape index (κ2) is 7.05. The van der Waals surface area contributed by atoms with Crippen LogP contribution in [0.5, 0.6) is 0 Å². The van der Waals surface area contributed by atoms with E-state index >= 15 is 0 Å². The summed E-state index contributed by atoms with van der Waals surface area (Å²) in [6.45, 7) is 0.419. The Balaban J connectivity index is 2.05. The zero-order chi connectivity index (χ0) is 16.1. The highest BCUT2D eigenvalue weighted by atomic mass is 79.9. The maximum absolute atomic E-state index is 13.1. The number of nitrogens with zero attached hydrogens (tertiary/aromatic N) is 2. The number of halogens is 2. The van der Waals surface area contributed by atoms with E-state index in [0.29, 0.717) is 6.54 Å². The molecule has 6 heteroatoms. The van der Waals surface area contributed by atoms with Crippen LogP contribution < -0.4 is 5.32 Å². The van der Waals surface area contributed by atoms with E-state index < -0.39 is 5.82 Å². The van der Waals surface area contributed by atoms with Crippen LogP contribution in [0.25, 0.3) is 0 Å². The molecule has 2 amide bonds. The van der Waals surface area contributed by atoms with Crippen molar-refractivity contribution in [3.63, 3.8) is 0 Å². The van der Waals surface area contributed by atoms with Crippen LogP contribution in [-0.2, 0) is 6.54 Å². The van der Waals surface area contributed by atoms with Crippen LogP contribution >= 0.6 is 15.9 Å². The number of nitriles is 1. The molecule has 0 aliphatic heterocycles. The molecule has 0 radical (unpaired) electrons. The number of hydrogen-bond donors (Lipinski definition) is 1. The van der Waals surface area contributed by atoms with E-state index in [2.05, 4.69) is 21.2 Å². The Kier molecular flexibility index (Phi) is 5.12. The quantitative estimate of drug-likeness (QED) is 0.893. The van der Waals surface area contributed by atoms with E-state index in [1.807, 2.05) is 30.3 Å². The molecular formula is C16H13BrFN3O. The van der Waals surface area contributed by atoms with Gasteiger partial charge in [0.25, 0.3) is 0 Å². The fourth-order valence-electron chi connectivity index (χ4n) is 1.86. The van der Waals surface area contributed by atoms with Crippen molar-refractivity contribution in [2.45, 2.75) is 6.54 Å². The molecule has 112 valence electrons. The summed E-state index contributed by atoms with van der Waals surface area (Å²) in [4.78, 5) is 13.6. The average Bonchev–Trinajstić information content (AvgIpc) is 2.51. The summed E-state index contributed by atoms with van der Waals surface area (Å²) >= 11 is 3.35. The molecule has 0 bridgehead atoms. The lowest BCUT2D eigenvalue weighted by molar-refractivity contribution is 0.220. The molecule has 0 aliphatic carbocycles. The molecule has 2 aromatic carbocycles. The summed E-state index contributed by atoms with van der Waals surface area (Å²) in [7, 11) is 1.65. The first-order valence-corrected chi connectivity index (χ1v) is 7.25. The number of nitrogens with one attached hydrogen (secondary N) is 1. The standard InChI is InChI=1S/C16H13BrFN3O/c1-21(10-11-2-4-13(17)5-3-11)16(22)20-15-7-6-14(18)8-12(15)9-19/h2-8H,10H2,1H3,(H,20,22). The van der Waals surface area contributed by atoms with Crippen LogP contribution in [0.1, 0.15) is 11.1 Å². The molecular weight excluding hydrogens is 349 g/mol. The first-order chi connectivity index (χ1) is 10.5. The third kappa shape index (κ3) is 4.06. The topological polar surface area (TPSA) is 56.1 Å². The molecule has 4 nitrogen and oxygen atoms in total. The van der Waals surface area contributed by atoms with Gasteiger partial charge >= 0.3 is 6.03 Å². The number of benzene rings is 2.